The van der Waals surface area contributed by atoms with E-state index in [4.69, 9.17) is 0 Å². The Labute approximate surface area is 183 Å². The molecule has 162 valence electrons. The van der Waals surface area contributed by atoms with Crippen LogP contribution in [0.3, 0.4) is 0 Å². The molecule has 2 aromatic carbocycles. The lowest BCUT2D eigenvalue weighted by Gasteiger charge is -2.35. The first kappa shape index (κ1) is 22.3. The number of hydrogen-bond acceptors (Lipinski definition) is 3. The van der Waals surface area contributed by atoms with Crippen LogP contribution in [0.2, 0.25) is 0 Å². The molecule has 2 N–H and O–H groups in total. The van der Waals surface area contributed by atoms with E-state index in [1.54, 1.807) is 30.3 Å². The number of hydrogen-bond donors (Lipinski definition) is 2. The van der Waals surface area contributed by atoms with E-state index in [0.717, 1.165) is 5.56 Å². The van der Waals surface area contributed by atoms with E-state index in [1.165, 1.54) is 0 Å². The average Bonchev–Trinajstić information content (AvgIpc) is 2.81. The zero-order chi connectivity index (χ0) is 22.2. The van der Waals surface area contributed by atoms with E-state index < -0.39 is 6.04 Å². The van der Waals surface area contributed by atoms with Gasteiger partial charge in [-0.15, -0.1) is 6.58 Å². The SMILES string of the molecule is C=CCNC(=O)[C@H](NC(=O)c1ccccc1)C1CCN(C(=O)c2ccc(C)cc2)CC1. The summed E-state index contributed by atoms with van der Waals surface area (Å²) in [6.07, 6.45) is 2.88. The van der Waals surface area contributed by atoms with Crippen LogP contribution in [0.1, 0.15) is 39.1 Å². The summed E-state index contributed by atoms with van der Waals surface area (Å²) >= 11 is 0. The second-order valence-corrected chi connectivity index (χ2v) is 7.85. The summed E-state index contributed by atoms with van der Waals surface area (Å²) in [6.45, 7) is 7.04. The van der Waals surface area contributed by atoms with Gasteiger partial charge in [0, 0.05) is 30.8 Å². The van der Waals surface area contributed by atoms with Crippen LogP contribution in [0.25, 0.3) is 0 Å². The number of benzene rings is 2. The maximum Gasteiger partial charge on any atom is 0.253 e. The van der Waals surface area contributed by atoms with Crippen LogP contribution in [-0.2, 0) is 4.79 Å². The van der Waals surface area contributed by atoms with Gasteiger partial charge in [0.2, 0.25) is 5.91 Å². The van der Waals surface area contributed by atoms with Crippen LogP contribution in [0.15, 0.2) is 67.3 Å². The largest absolute Gasteiger partial charge is 0.351 e. The molecule has 3 rings (SSSR count). The smallest absolute Gasteiger partial charge is 0.253 e. The van der Waals surface area contributed by atoms with Crippen LogP contribution >= 0.6 is 0 Å². The molecule has 0 radical (unpaired) electrons. The van der Waals surface area contributed by atoms with Crippen LogP contribution in [-0.4, -0.2) is 48.3 Å². The summed E-state index contributed by atoms with van der Waals surface area (Å²) in [6, 6.07) is 15.7. The highest BCUT2D eigenvalue weighted by atomic mass is 16.2. The predicted octanol–water partition coefficient (Wildman–Crippen LogP) is 2.95. The molecule has 6 nitrogen and oxygen atoms in total. The molecule has 1 atom stereocenters. The second-order valence-electron chi connectivity index (χ2n) is 7.85. The van der Waals surface area contributed by atoms with Crippen molar-refractivity contribution in [2.75, 3.05) is 19.6 Å². The first-order chi connectivity index (χ1) is 15.0. The van der Waals surface area contributed by atoms with E-state index in [9.17, 15) is 14.4 Å². The summed E-state index contributed by atoms with van der Waals surface area (Å²) in [5, 5.41) is 5.70. The van der Waals surface area contributed by atoms with Crippen molar-refractivity contribution in [3.8, 4) is 0 Å². The van der Waals surface area contributed by atoms with Crippen molar-refractivity contribution in [3.63, 3.8) is 0 Å². The molecular formula is C25H29N3O3. The molecule has 0 spiro atoms. The summed E-state index contributed by atoms with van der Waals surface area (Å²) in [5.74, 6) is -0.566. The molecule has 1 heterocycles. The molecule has 6 heteroatoms. The maximum atomic E-state index is 12.8. The van der Waals surface area contributed by atoms with Gasteiger partial charge in [-0.05, 0) is 49.9 Å². The third kappa shape index (κ3) is 5.81. The standard InChI is InChI=1S/C25H29N3O3/c1-3-15-26-24(30)22(27-23(29)20-7-5-4-6-8-20)19-13-16-28(17-14-19)25(31)21-11-9-18(2)10-12-21/h3-12,19,22H,1,13-17H2,2H3,(H,26,30)(H,27,29)/t22-/m1/s1. The molecule has 0 unspecified atom stereocenters. The topological polar surface area (TPSA) is 78.5 Å². The third-order valence-corrected chi connectivity index (χ3v) is 5.62. The van der Waals surface area contributed by atoms with Gasteiger partial charge in [0.25, 0.3) is 11.8 Å². The van der Waals surface area contributed by atoms with Crippen molar-refractivity contribution in [1.82, 2.24) is 15.5 Å². The number of likely N-dealkylation sites (tertiary alicyclic amines) is 1. The molecule has 0 aromatic heterocycles. The van der Waals surface area contributed by atoms with Crippen molar-refractivity contribution in [3.05, 3.63) is 83.9 Å². The Kier molecular flexibility index (Phi) is 7.60. The number of nitrogens with zero attached hydrogens (tertiary/aromatic N) is 1. The number of amides is 3. The Morgan fingerprint density at radius 3 is 2.29 bits per heavy atom. The molecule has 0 aliphatic carbocycles. The lowest BCUT2D eigenvalue weighted by Crippen LogP contribution is -2.53. The van der Waals surface area contributed by atoms with Crippen molar-refractivity contribution >= 4 is 17.7 Å². The van der Waals surface area contributed by atoms with Crippen LogP contribution < -0.4 is 10.6 Å². The van der Waals surface area contributed by atoms with Crippen molar-refractivity contribution in [2.45, 2.75) is 25.8 Å². The van der Waals surface area contributed by atoms with E-state index in [0.29, 0.717) is 43.6 Å². The van der Waals surface area contributed by atoms with Crippen LogP contribution in [0.5, 0.6) is 0 Å². The van der Waals surface area contributed by atoms with Crippen molar-refractivity contribution in [1.29, 1.82) is 0 Å². The number of carbonyl (C=O) groups excluding carboxylic acids is 3. The summed E-state index contributed by atoms with van der Waals surface area (Å²) < 4.78 is 0. The Hall–Kier alpha value is -3.41. The molecule has 1 aliphatic heterocycles. The van der Waals surface area contributed by atoms with E-state index >= 15 is 0 Å². The van der Waals surface area contributed by atoms with Gasteiger partial charge in [-0.2, -0.15) is 0 Å². The van der Waals surface area contributed by atoms with Gasteiger partial charge in [-0.1, -0.05) is 42.0 Å². The van der Waals surface area contributed by atoms with Crippen molar-refractivity contribution < 1.29 is 14.4 Å². The molecule has 1 aliphatic rings. The molecular weight excluding hydrogens is 390 g/mol. The summed E-state index contributed by atoms with van der Waals surface area (Å²) in [5.41, 5.74) is 2.29. The zero-order valence-electron chi connectivity index (χ0n) is 17.8. The van der Waals surface area contributed by atoms with Crippen molar-refractivity contribution in [2.24, 2.45) is 5.92 Å². The van der Waals surface area contributed by atoms with Gasteiger partial charge in [0.1, 0.15) is 6.04 Å². The van der Waals surface area contributed by atoms with Gasteiger partial charge < -0.3 is 15.5 Å². The minimum atomic E-state index is -0.663. The molecule has 0 saturated carbocycles. The Morgan fingerprint density at radius 2 is 1.68 bits per heavy atom. The van der Waals surface area contributed by atoms with Gasteiger partial charge in [0.05, 0.1) is 0 Å². The van der Waals surface area contributed by atoms with E-state index in [2.05, 4.69) is 17.2 Å². The number of piperidine rings is 1. The van der Waals surface area contributed by atoms with Gasteiger partial charge in [-0.25, -0.2) is 0 Å². The highest BCUT2D eigenvalue weighted by molar-refractivity contribution is 5.97. The molecule has 3 amide bonds. The first-order valence-corrected chi connectivity index (χ1v) is 10.6. The zero-order valence-corrected chi connectivity index (χ0v) is 17.8. The number of aryl methyl sites for hydroxylation is 1. The summed E-state index contributed by atoms with van der Waals surface area (Å²) in [4.78, 5) is 40.1. The number of nitrogens with one attached hydrogen (secondary N) is 2. The van der Waals surface area contributed by atoms with Gasteiger partial charge in [0.15, 0.2) is 0 Å². The lowest BCUT2D eigenvalue weighted by molar-refractivity contribution is -0.124. The average molecular weight is 420 g/mol. The summed E-state index contributed by atoms with van der Waals surface area (Å²) in [7, 11) is 0. The Bertz CT molecular complexity index is 917. The van der Waals surface area contributed by atoms with Gasteiger partial charge in [-0.3, -0.25) is 14.4 Å². The fraction of sp³-hybridized carbons (Fsp3) is 0.320. The Morgan fingerprint density at radius 1 is 1.03 bits per heavy atom. The van der Waals surface area contributed by atoms with E-state index in [-0.39, 0.29) is 23.6 Å². The fourth-order valence-electron chi connectivity index (χ4n) is 3.81. The fourth-order valence-corrected chi connectivity index (χ4v) is 3.81. The number of carbonyl (C=O) groups is 3. The van der Waals surface area contributed by atoms with Crippen LogP contribution in [0.4, 0.5) is 0 Å². The quantitative estimate of drug-likeness (QED) is 0.678. The number of rotatable bonds is 7. The first-order valence-electron chi connectivity index (χ1n) is 10.6. The normalized spacial score (nSPS) is 15.1. The van der Waals surface area contributed by atoms with E-state index in [1.807, 2.05) is 42.2 Å². The molecule has 1 saturated heterocycles. The maximum absolute atomic E-state index is 12.8. The molecule has 2 aromatic rings. The van der Waals surface area contributed by atoms with Crippen LogP contribution in [0, 0.1) is 12.8 Å². The highest BCUT2D eigenvalue weighted by Gasteiger charge is 2.34. The highest BCUT2D eigenvalue weighted by Crippen LogP contribution is 2.23. The monoisotopic (exact) mass is 419 g/mol. The molecule has 0 bridgehead atoms. The van der Waals surface area contributed by atoms with Gasteiger partial charge >= 0.3 is 0 Å². The predicted molar refractivity (Wildman–Crippen MR) is 121 cm³/mol. The Balaban J connectivity index is 1.66. The minimum absolute atomic E-state index is 0.000528. The second kappa shape index (κ2) is 10.6. The molecule has 31 heavy (non-hydrogen) atoms. The minimum Gasteiger partial charge on any atom is -0.351 e. The third-order valence-electron chi connectivity index (χ3n) is 5.62. The lowest BCUT2D eigenvalue weighted by atomic mass is 9.88. The molecule has 1 fully saturated rings.